The average Bonchev–Trinajstić information content (AvgIpc) is 2.38. The Balaban J connectivity index is 0.00000200. The van der Waals surface area contributed by atoms with Crippen LogP contribution < -0.4 is 10.1 Å². The van der Waals surface area contributed by atoms with Gasteiger partial charge in [-0.05, 0) is 37.6 Å². The van der Waals surface area contributed by atoms with Crippen molar-refractivity contribution in [3.63, 3.8) is 0 Å². The molecular weight excluding hydrogens is 300 g/mol. The number of benzene rings is 1. The van der Waals surface area contributed by atoms with E-state index in [1.54, 1.807) is 25.3 Å². The van der Waals surface area contributed by atoms with Gasteiger partial charge < -0.3 is 10.1 Å². The summed E-state index contributed by atoms with van der Waals surface area (Å²) in [5, 5.41) is 3.24. The molecule has 1 fully saturated rings. The number of nitrogens with zero attached hydrogens (tertiary/aromatic N) is 1. The molecule has 0 amide bonds. The molecule has 20 heavy (non-hydrogen) atoms. The van der Waals surface area contributed by atoms with E-state index >= 15 is 0 Å². The van der Waals surface area contributed by atoms with Crippen molar-refractivity contribution >= 4 is 22.4 Å². The third-order valence-corrected chi connectivity index (χ3v) is 5.20. The number of ether oxygens (including phenoxy) is 1. The molecule has 1 saturated heterocycles. The smallest absolute Gasteiger partial charge is 0.243 e. The minimum Gasteiger partial charge on any atom is -0.496 e. The van der Waals surface area contributed by atoms with Gasteiger partial charge in [-0.15, -0.1) is 12.4 Å². The number of nitrogens with one attached hydrogen (secondary N) is 1. The quantitative estimate of drug-likeness (QED) is 0.915. The summed E-state index contributed by atoms with van der Waals surface area (Å²) in [6, 6.07) is 5.16. The van der Waals surface area contributed by atoms with Gasteiger partial charge >= 0.3 is 0 Å². The lowest BCUT2D eigenvalue weighted by Gasteiger charge is -2.31. The molecule has 2 rings (SSSR count). The van der Waals surface area contributed by atoms with E-state index < -0.39 is 10.0 Å². The van der Waals surface area contributed by atoms with Gasteiger partial charge in [0.15, 0.2) is 0 Å². The summed E-state index contributed by atoms with van der Waals surface area (Å²) >= 11 is 0. The van der Waals surface area contributed by atoms with Crippen LogP contribution in [0, 0.1) is 6.92 Å². The molecule has 1 atom stereocenters. The van der Waals surface area contributed by atoms with Gasteiger partial charge in [0, 0.05) is 25.7 Å². The summed E-state index contributed by atoms with van der Waals surface area (Å²) in [4.78, 5) is 0.333. The summed E-state index contributed by atoms with van der Waals surface area (Å²) in [5.74, 6) is 0.702. The number of sulfonamides is 1. The topological polar surface area (TPSA) is 58.6 Å². The monoisotopic (exact) mass is 320 g/mol. The van der Waals surface area contributed by atoms with Crippen LogP contribution in [-0.2, 0) is 10.0 Å². The summed E-state index contributed by atoms with van der Waals surface area (Å²) in [5.41, 5.74) is 0.826. The molecule has 5 nitrogen and oxygen atoms in total. The van der Waals surface area contributed by atoms with E-state index in [-0.39, 0.29) is 18.4 Å². The van der Waals surface area contributed by atoms with Crippen LogP contribution in [0.25, 0.3) is 0 Å². The molecule has 0 radical (unpaired) electrons. The summed E-state index contributed by atoms with van der Waals surface area (Å²) < 4.78 is 31.8. The number of rotatable bonds is 3. The molecule has 0 spiro atoms. The summed E-state index contributed by atoms with van der Waals surface area (Å²) in [7, 11) is -1.83. The van der Waals surface area contributed by atoms with Crippen molar-refractivity contribution in [1.82, 2.24) is 9.62 Å². The highest BCUT2D eigenvalue weighted by Crippen LogP contribution is 2.24. The molecule has 1 aromatic carbocycles. The fourth-order valence-corrected chi connectivity index (χ4v) is 3.89. The lowest BCUT2D eigenvalue weighted by atomic mass is 10.2. The molecule has 1 N–H and O–H groups in total. The highest BCUT2D eigenvalue weighted by Gasteiger charge is 2.28. The van der Waals surface area contributed by atoms with Crippen LogP contribution in [0.15, 0.2) is 23.1 Å². The van der Waals surface area contributed by atoms with Crippen LogP contribution >= 0.6 is 12.4 Å². The zero-order chi connectivity index (χ0) is 14.0. The maximum Gasteiger partial charge on any atom is 0.243 e. The lowest BCUT2D eigenvalue weighted by molar-refractivity contribution is 0.310. The molecule has 1 aliphatic heterocycles. The number of halogens is 1. The molecule has 0 unspecified atom stereocenters. The van der Waals surface area contributed by atoms with Gasteiger partial charge in [-0.1, -0.05) is 0 Å². The largest absolute Gasteiger partial charge is 0.496 e. The Hall–Kier alpha value is -0.820. The molecule has 0 aromatic heterocycles. The van der Waals surface area contributed by atoms with E-state index in [9.17, 15) is 8.42 Å². The minimum absolute atomic E-state index is 0. The summed E-state index contributed by atoms with van der Waals surface area (Å²) in [6.07, 6.45) is 0. The average molecular weight is 321 g/mol. The first-order chi connectivity index (χ1) is 8.95. The Morgan fingerprint density at radius 1 is 1.40 bits per heavy atom. The van der Waals surface area contributed by atoms with Crippen molar-refractivity contribution in [2.24, 2.45) is 0 Å². The van der Waals surface area contributed by atoms with E-state index in [4.69, 9.17) is 4.74 Å². The molecule has 1 aromatic rings. The number of hydrogen-bond acceptors (Lipinski definition) is 4. The molecular formula is C13H21ClN2O3S. The van der Waals surface area contributed by atoms with Gasteiger partial charge in [0.1, 0.15) is 5.75 Å². The molecule has 114 valence electrons. The third kappa shape index (κ3) is 3.44. The number of hydrogen-bond donors (Lipinski definition) is 1. The van der Waals surface area contributed by atoms with E-state index in [1.807, 2.05) is 13.8 Å². The van der Waals surface area contributed by atoms with Crippen molar-refractivity contribution in [2.75, 3.05) is 26.7 Å². The highest BCUT2D eigenvalue weighted by atomic mass is 35.5. The maximum atomic E-state index is 12.5. The van der Waals surface area contributed by atoms with Crippen molar-refractivity contribution in [3.8, 4) is 5.75 Å². The van der Waals surface area contributed by atoms with Gasteiger partial charge in [-0.25, -0.2) is 8.42 Å². The first-order valence-electron chi connectivity index (χ1n) is 6.33. The van der Waals surface area contributed by atoms with Crippen molar-refractivity contribution < 1.29 is 13.2 Å². The second-order valence-corrected chi connectivity index (χ2v) is 6.79. The van der Waals surface area contributed by atoms with Crippen LogP contribution in [0.4, 0.5) is 0 Å². The molecule has 0 aliphatic carbocycles. The van der Waals surface area contributed by atoms with Gasteiger partial charge in [-0.2, -0.15) is 4.31 Å². The van der Waals surface area contributed by atoms with Crippen molar-refractivity contribution in [2.45, 2.75) is 24.8 Å². The SMILES string of the molecule is COc1ccc(S(=O)(=O)N2CCN[C@H](C)C2)cc1C.Cl. The fraction of sp³-hybridized carbons (Fsp3) is 0.538. The summed E-state index contributed by atoms with van der Waals surface area (Å²) in [6.45, 7) is 5.54. The van der Waals surface area contributed by atoms with E-state index in [0.29, 0.717) is 30.3 Å². The van der Waals surface area contributed by atoms with Gasteiger partial charge in [0.05, 0.1) is 12.0 Å². The highest BCUT2D eigenvalue weighted by molar-refractivity contribution is 7.89. The standard InChI is InChI=1S/C13H20N2O3S.ClH/c1-10-8-12(4-5-13(10)18-3)19(16,17)15-7-6-14-11(2)9-15;/h4-5,8,11,14H,6-7,9H2,1-3H3;1H/t11-;/m1./s1. The first-order valence-corrected chi connectivity index (χ1v) is 7.77. The maximum absolute atomic E-state index is 12.5. The van der Waals surface area contributed by atoms with Gasteiger partial charge in [0.25, 0.3) is 0 Å². The Bertz CT molecular complexity index is 563. The van der Waals surface area contributed by atoms with Crippen molar-refractivity contribution in [1.29, 1.82) is 0 Å². The molecule has 1 heterocycles. The van der Waals surface area contributed by atoms with Crippen molar-refractivity contribution in [3.05, 3.63) is 23.8 Å². The van der Waals surface area contributed by atoms with Crippen LogP contribution in [-0.4, -0.2) is 45.5 Å². The fourth-order valence-electron chi connectivity index (χ4n) is 2.28. The number of methoxy groups -OCH3 is 1. The van der Waals surface area contributed by atoms with E-state index in [0.717, 1.165) is 5.56 Å². The number of aryl methyl sites for hydroxylation is 1. The second-order valence-electron chi connectivity index (χ2n) is 4.85. The predicted octanol–water partition coefficient (Wildman–Crippen LogP) is 1.41. The first kappa shape index (κ1) is 17.2. The minimum atomic E-state index is -3.40. The molecule has 7 heteroatoms. The van der Waals surface area contributed by atoms with Crippen LogP contribution in [0.1, 0.15) is 12.5 Å². The van der Waals surface area contributed by atoms with Crippen LogP contribution in [0.5, 0.6) is 5.75 Å². The van der Waals surface area contributed by atoms with E-state index in [2.05, 4.69) is 5.32 Å². The van der Waals surface area contributed by atoms with E-state index in [1.165, 1.54) is 4.31 Å². The van der Waals surface area contributed by atoms with Crippen LogP contribution in [0.3, 0.4) is 0 Å². The van der Waals surface area contributed by atoms with Gasteiger partial charge in [-0.3, -0.25) is 0 Å². The van der Waals surface area contributed by atoms with Gasteiger partial charge in [0.2, 0.25) is 10.0 Å². The van der Waals surface area contributed by atoms with Crippen LogP contribution in [0.2, 0.25) is 0 Å². The Morgan fingerprint density at radius 2 is 2.10 bits per heavy atom. The predicted molar refractivity (Wildman–Crippen MR) is 81.2 cm³/mol. The second kappa shape index (κ2) is 6.76. The third-order valence-electron chi connectivity index (χ3n) is 3.34. The zero-order valence-corrected chi connectivity index (χ0v) is 13.6. The molecule has 1 aliphatic rings. The Labute approximate surface area is 126 Å². The molecule has 0 bridgehead atoms. The Morgan fingerprint density at radius 3 is 2.65 bits per heavy atom. The number of piperazine rings is 1. The normalized spacial score (nSPS) is 20.2. The zero-order valence-electron chi connectivity index (χ0n) is 11.9. The molecule has 0 saturated carbocycles. The lowest BCUT2D eigenvalue weighted by Crippen LogP contribution is -2.51. The Kier molecular flexibility index (Phi) is 5.82.